The van der Waals surface area contributed by atoms with Gasteiger partial charge in [0.25, 0.3) is 0 Å². The zero-order valence-electron chi connectivity index (χ0n) is 7.06. The first-order valence-electron chi connectivity index (χ1n) is 3.39. The summed E-state index contributed by atoms with van der Waals surface area (Å²) < 4.78 is 4.96. The molecule has 0 aromatic rings. The van der Waals surface area contributed by atoms with Gasteiger partial charge in [-0.05, 0) is 26.8 Å². The maximum atomic E-state index is 10.9. The van der Waals surface area contributed by atoms with Crippen molar-refractivity contribution in [1.82, 2.24) is 0 Å². The first-order valence-corrected chi connectivity index (χ1v) is 3.83. The maximum absolute atomic E-state index is 10.9. The van der Waals surface area contributed by atoms with E-state index in [9.17, 15) is 4.79 Å². The van der Waals surface area contributed by atoms with Crippen molar-refractivity contribution >= 4 is 17.6 Å². The predicted molar refractivity (Wildman–Crippen MR) is 45.7 cm³/mol. The lowest BCUT2D eigenvalue weighted by molar-refractivity contribution is -0.151. The zero-order valence-corrected chi connectivity index (χ0v) is 7.81. The van der Waals surface area contributed by atoms with E-state index in [1.807, 2.05) is 0 Å². The number of hydrogen-bond donors (Lipinski definition) is 0. The molecule has 0 aromatic heterocycles. The second kappa shape index (κ2) is 3.77. The minimum absolute atomic E-state index is 0.420. The van der Waals surface area contributed by atoms with Gasteiger partial charge in [-0.3, -0.25) is 4.79 Å². The summed E-state index contributed by atoms with van der Waals surface area (Å²) >= 11 is 5.48. The molecule has 11 heavy (non-hydrogen) atoms. The molecule has 0 aliphatic carbocycles. The molecule has 0 amide bonds. The van der Waals surface area contributed by atoms with Crippen LogP contribution in [-0.4, -0.2) is 16.9 Å². The van der Waals surface area contributed by atoms with Crippen molar-refractivity contribution in [2.45, 2.75) is 31.7 Å². The first-order chi connectivity index (χ1) is 4.89. The molecule has 0 saturated heterocycles. The largest absolute Gasteiger partial charge is 0.454 e. The lowest BCUT2D eigenvalue weighted by Gasteiger charge is -2.21. The smallest absolute Gasteiger partial charge is 0.324 e. The molecule has 0 saturated carbocycles. The van der Waals surface area contributed by atoms with Crippen LogP contribution >= 0.6 is 11.6 Å². The van der Waals surface area contributed by atoms with Crippen LogP contribution in [0.1, 0.15) is 20.8 Å². The molecule has 0 aliphatic heterocycles. The molecular weight excluding hydrogens is 164 g/mol. The van der Waals surface area contributed by atoms with Crippen LogP contribution in [0.2, 0.25) is 0 Å². The SMILES string of the molecule is C=CC(C)(C)OC(=O)C(C)Cl. The quantitative estimate of drug-likeness (QED) is 0.374. The molecule has 64 valence electrons. The summed E-state index contributed by atoms with van der Waals surface area (Å²) in [7, 11) is 0. The number of carbonyl (C=O) groups excluding carboxylic acids is 1. The molecule has 0 spiro atoms. The van der Waals surface area contributed by atoms with Gasteiger partial charge in [-0.2, -0.15) is 0 Å². The van der Waals surface area contributed by atoms with Crippen LogP contribution in [0.3, 0.4) is 0 Å². The number of carbonyl (C=O) groups is 1. The molecule has 0 rings (SSSR count). The standard InChI is InChI=1S/C8H13ClO2/c1-5-8(3,4)11-7(10)6(2)9/h5-6H,1H2,2-4H3. The van der Waals surface area contributed by atoms with Crippen LogP contribution in [-0.2, 0) is 9.53 Å². The van der Waals surface area contributed by atoms with Gasteiger partial charge in [-0.25, -0.2) is 0 Å². The Bertz CT molecular complexity index is 161. The molecule has 0 heterocycles. The van der Waals surface area contributed by atoms with Gasteiger partial charge in [0.15, 0.2) is 0 Å². The minimum Gasteiger partial charge on any atom is -0.454 e. The average molecular weight is 177 g/mol. The molecule has 0 radical (unpaired) electrons. The van der Waals surface area contributed by atoms with Crippen molar-refractivity contribution in [3.05, 3.63) is 12.7 Å². The molecule has 1 atom stereocenters. The van der Waals surface area contributed by atoms with Crippen molar-refractivity contribution in [2.24, 2.45) is 0 Å². The van der Waals surface area contributed by atoms with Gasteiger partial charge in [0, 0.05) is 0 Å². The van der Waals surface area contributed by atoms with Crippen molar-refractivity contribution < 1.29 is 9.53 Å². The number of alkyl halides is 1. The lowest BCUT2D eigenvalue weighted by atomic mass is 10.1. The van der Waals surface area contributed by atoms with E-state index in [-0.39, 0.29) is 0 Å². The van der Waals surface area contributed by atoms with Crippen LogP contribution < -0.4 is 0 Å². The number of halogens is 1. The summed E-state index contributed by atoms with van der Waals surface area (Å²) in [6.45, 7) is 8.59. The Hall–Kier alpha value is -0.500. The third-order valence-corrected chi connectivity index (χ3v) is 1.36. The van der Waals surface area contributed by atoms with E-state index in [1.54, 1.807) is 26.8 Å². The van der Waals surface area contributed by atoms with Gasteiger partial charge >= 0.3 is 5.97 Å². The lowest BCUT2D eigenvalue weighted by Crippen LogP contribution is -2.28. The fraction of sp³-hybridized carbons (Fsp3) is 0.625. The molecule has 0 bridgehead atoms. The van der Waals surface area contributed by atoms with E-state index < -0.39 is 16.9 Å². The van der Waals surface area contributed by atoms with Crippen LogP contribution in [0.4, 0.5) is 0 Å². The Balaban J connectivity index is 4.04. The fourth-order valence-corrected chi connectivity index (χ4v) is 0.427. The normalized spacial score (nSPS) is 13.8. The maximum Gasteiger partial charge on any atom is 0.324 e. The highest BCUT2D eigenvalue weighted by molar-refractivity contribution is 6.29. The Morgan fingerprint density at radius 1 is 1.73 bits per heavy atom. The highest BCUT2D eigenvalue weighted by atomic mass is 35.5. The van der Waals surface area contributed by atoms with E-state index >= 15 is 0 Å². The molecule has 0 aliphatic rings. The average Bonchev–Trinajstić information content (AvgIpc) is 1.87. The molecule has 0 fully saturated rings. The molecule has 2 nitrogen and oxygen atoms in total. The van der Waals surface area contributed by atoms with E-state index in [0.29, 0.717) is 0 Å². The molecular formula is C8H13ClO2. The Labute approximate surface area is 72.2 Å². The van der Waals surface area contributed by atoms with Gasteiger partial charge < -0.3 is 4.74 Å². The zero-order chi connectivity index (χ0) is 9.07. The third kappa shape index (κ3) is 4.04. The Morgan fingerprint density at radius 3 is 2.45 bits per heavy atom. The van der Waals surface area contributed by atoms with Gasteiger partial charge in [0.2, 0.25) is 0 Å². The molecule has 0 N–H and O–H groups in total. The summed E-state index contributed by atoms with van der Waals surface area (Å²) in [5.41, 5.74) is -0.625. The van der Waals surface area contributed by atoms with Crippen molar-refractivity contribution in [2.75, 3.05) is 0 Å². The summed E-state index contributed by atoms with van der Waals surface area (Å²) in [5, 5.41) is -0.603. The summed E-state index contributed by atoms with van der Waals surface area (Å²) in [6, 6.07) is 0. The molecule has 1 unspecified atom stereocenters. The molecule has 3 heteroatoms. The minimum atomic E-state index is -0.625. The second-order valence-corrected chi connectivity index (χ2v) is 3.50. The van der Waals surface area contributed by atoms with Crippen LogP contribution in [0.25, 0.3) is 0 Å². The van der Waals surface area contributed by atoms with Crippen LogP contribution in [0.5, 0.6) is 0 Å². The fourth-order valence-electron chi connectivity index (χ4n) is 0.382. The number of esters is 1. The predicted octanol–water partition coefficient (Wildman–Crippen LogP) is 2.12. The topological polar surface area (TPSA) is 26.3 Å². The molecule has 0 aromatic carbocycles. The van der Waals surface area contributed by atoms with Gasteiger partial charge in [-0.1, -0.05) is 6.58 Å². The highest BCUT2D eigenvalue weighted by Crippen LogP contribution is 2.12. The highest BCUT2D eigenvalue weighted by Gasteiger charge is 2.21. The summed E-state index contributed by atoms with van der Waals surface area (Å²) in [5.74, 6) is -0.420. The first kappa shape index (κ1) is 10.5. The number of rotatable bonds is 3. The van der Waals surface area contributed by atoms with Crippen molar-refractivity contribution in [1.29, 1.82) is 0 Å². The van der Waals surface area contributed by atoms with E-state index in [2.05, 4.69) is 6.58 Å². The van der Waals surface area contributed by atoms with Gasteiger partial charge in [0.1, 0.15) is 11.0 Å². The van der Waals surface area contributed by atoms with E-state index in [1.165, 1.54) is 0 Å². The van der Waals surface area contributed by atoms with Gasteiger partial charge in [0.05, 0.1) is 0 Å². The van der Waals surface area contributed by atoms with Gasteiger partial charge in [-0.15, -0.1) is 11.6 Å². The third-order valence-electron chi connectivity index (χ3n) is 1.18. The van der Waals surface area contributed by atoms with E-state index in [0.717, 1.165) is 0 Å². The number of ether oxygens (including phenoxy) is 1. The van der Waals surface area contributed by atoms with E-state index in [4.69, 9.17) is 16.3 Å². The Morgan fingerprint density at radius 2 is 2.18 bits per heavy atom. The van der Waals surface area contributed by atoms with Crippen LogP contribution in [0, 0.1) is 0 Å². The summed E-state index contributed by atoms with van der Waals surface area (Å²) in [4.78, 5) is 10.9. The van der Waals surface area contributed by atoms with Crippen molar-refractivity contribution in [3.8, 4) is 0 Å². The second-order valence-electron chi connectivity index (χ2n) is 2.84. The van der Waals surface area contributed by atoms with Crippen LogP contribution in [0.15, 0.2) is 12.7 Å². The number of hydrogen-bond acceptors (Lipinski definition) is 2. The van der Waals surface area contributed by atoms with Crippen molar-refractivity contribution in [3.63, 3.8) is 0 Å². The summed E-state index contributed by atoms with van der Waals surface area (Å²) in [6.07, 6.45) is 1.56. The Kier molecular flexibility index (Phi) is 3.59. The monoisotopic (exact) mass is 176 g/mol.